The van der Waals surface area contributed by atoms with Gasteiger partial charge in [0.2, 0.25) is 0 Å². The molecule has 0 bridgehead atoms. The van der Waals surface area contributed by atoms with Crippen molar-refractivity contribution in [2.24, 2.45) is 17.8 Å². The van der Waals surface area contributed by atoms with Crippen LogP contribution in [-0.4, -0.2) is 0 Å². The minimum atomic E-state index is -5.03. The van der Waals surface area contributed by atoms with E-state index in [1.165, 1.54) is 38.5 Å². The lowest BCUT2D eigenvalue weighted by Gasteiger charge is -2.38. The van der Waals surface area contributed by atoms with E-state index in [4.69, 9.17) is 0 Å². The Morgan fingerprint density at radius 2 is 1.29 bits per heavy atom. The van der Waals surface area contributed by atoms with E-state index in [9.17, 15) is 35.1 Å². The SMILES string of the molecule is CCCC1CCC(C2CCC(c3cc(F)c(/C(F)=C(\F)c4ccc(C(F)(F)F)c(F)c4)c(F)c3)CC2)CC1. The molecule has 0 spiro atoms. The van der Waals surface area contributed by atoms with Crippen LogP contribution in [0.2, 0.25) is 0 Å². The predicted molar refractivity (Wildman–Crippen MR) is 132 cm³/mol. The van der Waals surface area contributed by atoms with Crippen molar-refractivity contribution in [3.63, 3.8) is 0 Å². The van der Waals surface area contributed by atoms with Gasteiger partial charge in [-0.15, -0.1) is 0 Å². The lowest BCUT2D eigenvalue weighted by atomic mass is 9.68. The fourth-order valence-electron chi connectivity index (χ4n) is 6.44. The van der Waals surface area contributed by atoms with Crippen molar-refractivity contribution >= 4 is 11.7 Å². The number of rotatable bonds is 6. The summed E-state index contributed by atoms with van der Waals surface area (Å²) in [7, 11) is 0. The van der Waals surface area contributed by atoms with Gasteiger partial charge < -0.3 is 0 Å². The largest absolute Gasteiger partial charge is 0.419 e. The standard InChI is InChI=1S/C30H32F8/c1-2-3-17-4-6-18(7-5-17)19-8-10-20(11-9-19)22-15-25(32)27(26(33)16-22)29(35)28(34)21-12-13-23(24(31)14-21)30(36,37)38/h12-20H,2-11H2,1H3/b29-28+. The number of hydrogen-bond acceptors (Lipinski definition) is 0. The average molecular weight is 545 g/mol. The third kappa shape index (κ3) is 6.26. The fraction of sp³-hybridized carbons (Fsp3) is 0.533. The van der Waals surface area contributed by atoms with E-state index in [0.717, 1.165) is 43.7 Å². The van der Waals surface area contributed by atoms with Crippen molar-refractivity contribution < 1.29 is 35.1 Å². The number of benzene rings is 2. The molecule has 2 saturated carbocycles. The zero-order valence-electron chi connectivity index (χ0n) is 21.3. The topological polar surface area (TPSA) is 0 Å². The maximum absolute atomic E-state index is 14.9. The monoisotopic (exact) mass is 544 g/mol. The maximum Gasteiger partial charge on any atom is 0.419 e. The molecular formula is C30H32F8. The third-order valence-electron chi connectivity index (χ3n) is 8.50. The molecule has 208 valence electrons. The summed E-state index contributed by atoms with van der Waals surface area (Å²) in [5, 5.41) is 0. The zero-order chi connectivity index (χ0) is 27.6. The van der Waals surface area contributed by atoms with Gasteiger partial charge in [-0.05, 0) is 92.0 Å². The van der Waals surface area contributed by atoms with Crippen molar-refractivity contribution in [3.05, 3.63) is 70.0 Å². The second-order valence-electron chi connectivity index (χ2n) is 10.9. The van der Waals surface area contributed by atoms with Crippen LogP contribution in [0.3, 0.4) is 0 Å². The molecule has 0 aliphatic heterocycles. The van der Waals surface area contributed by atoms with Gasteiger partial charge in [0.05, 0.1) is 11.1 Å². The highest BCUT2D eigenvalue weighted by molar-refractivity contribution is 5.83. The van der Waals surface area contributed by atoms with Gasteiger partial charge in [-0.2, -0.15) is 13.2 Å². The maximum atomic E-state index is 14.9. The Morgan fingerprint density at radius 1 is 0.737 bits per heavy atom. The summed E-state index contributed by atoms with van der Waals surface area (Å²) < 4.78 is 111. The minimum absolute atomic E-state index is 0.0957. The number of alkyl halides is 3. The first-order valence-electron chi connectivity index (χ1n) is 13.4. The first-order valence-corrected chi connectivity index (χ1v) is 13.4. The van der Waals surface area contributed by atoms with Crippen LogP contribution in [0.25, 0.3) is 11.7 Å². The van der Waals surface area contributed by atoms with Crippen LogP contribution in [-0.2, 0) is 6.18 Å². The van der Waals surface area contributed by atoms with Gasteiger partial charge in [0.25, 0.3) is 0 Å². The molecule has 2 aliphatic carbocycles. The molecule has 2 aromatic carbocycles. The summed E-state index contributed by atoms with van der Waals surface area (Å²) in [5.74, 6) is -6.20. The number of halogens is 8. The van der Waals surface area contributed by atoms with Crippen molar-refractivity contribution in [2.75, 3.05) is 0 Å². The Hall–Kier alpha value is -2.38. The Bertz CT molecular complexity index is 1130. The minimum Gasteiger partial charge on any atom is -0.206 e. The van der Waals surface area contributed by atoms with Gasteiger partial charge in [-0.1, -0.05) is 38.7 Å². The van der Waals surface area contributed by atoms with E-state index in [1.54, 1.807) is 0 Å². The smallest absolute Gasteiger partial charge is 0.206 e. The third-order valence-corrected chi connectivity index (χ3v) is 8.50. The van der Waals surface area contributed by atoms with Crippen LogP contribution in [0.5, 0.6) is 0 Å². The van der Waals surface area contributed by atoms with Crippen molar-refractivity contribution in [1.82, 2.24) is 0 Å². The van der Waals surface area contributed by atoms with E-state index in [0.29, 0.717) is 23.5 Å². The molecule has 0 unspecified atom stereocenters. The highest BCUT2D eigenvalue weighted by Crippen LogP contribution is 2.45. The Balaban J connectivity index is 1.46. The van der Waals surface area contributed by atoms with Gasteiger partial charge in [0.15, 0.2) is 11.7 Å². The lowest BCUT2D eigenvalue weighted by molar-refractivity contribution is -0.140. The normalized spacial score (nSPS) is 25.3. The Labute approximate surface area is 218 Å². The second kappa shape index (κ2) is 11.8. The summed E-state index contributed by atoms with van der Waals surface area (Å²) in [6, 6.07) is 2.91. The first kappa shape index (κ1) is 28.6. The molecule has 0 N–H and O–H groups in total. The molecule has 0 heterocycles. The molecule has 4 rings (SSSR count). The van der Waals surface area contributed by atoms with Crippen LogP contribution in [0.4, 0.5) is 35.1 Å². The summed E-state index contributed by atoms with van der Waals surface area (Å²) in [6.45, 7) is 2.22. The Kier molecular flexibility index (Phi) is 8.88. The molecule has 0 radical (unpaired) electrons. The molecule has 0 amide bonds. The highest BCUT2D eigenvalue weighted by Gasteiger charge is 2.35. The predicted octanol–water partition coefficient (Wildman–Crippen LogP) is 10.8. The summed E-state index contributed by atoms with van der Waals surface area (Å²) >= 11 is 0. The van der Waals surface area contributed by atoms with E-state index in [2.05, 4.69) is 6.92 Å². The van der Waals surface area contributed by atoms with Crippen LogP contribution < -0.4 is 0 Å². The van der Waals surface area contributed by atoms with E-state index >= 15 is 0 Å². The van der Waals surface area contributed by atoms with Crippen LogP contribution in [0.15, 0.2) is 30.3 Å². The zero-order valence-corrected chi connectivity index (χ0v) is 21.3. The molecule has 0 nitrogen and oxygen atoms in total. The van der Waals surface area contributed by atoms with Crippen molar-refractivity contribution in [3.8, 4) is 0 Å². The van der Waals surface area contributed by atoms with Gasteiger partial charge in [-0.3, -0.25) is 0 Å². The highest BCUT2D eigenvalue weighted by atomic mass is 19.4. The molecule has 2 fully saturated rings. The van der Waals surface area contributed by atoms with Gasteiger partial charge >= 0.3 is 6.18 Å². The van der Waals surface area contributed by atoms with Crippen molar-refractivity contribution in [2.45, 2.75) is 83.2 Å². The molecule has 0 aromatic heterocycles. The van der Waals surface area contributed by atoms with E-state index in [1.807, 2.05) is 0 Å². The van der Waals surface area contributed by atoms with Gasteiger partial charge in [0.1, 0.15) is 17.5 Å². The quantitative estimate of drug-likeness (QED) is 0.251. The van der Waals surface area contributed by atoms with E-state index in [-0.39, 0.29) is 18.1 Å². The van der Waals surface area contributed by atoms with Gasteiger partial charge in [-0.25, -0.2) is 22.0 Å². The first-order chi connectivity index (χ1) is 18.0. The van der Waals surface area contributed by atoms with Crippen molar-refractivity contribution in [1.29, 1.82) is 0 Å². The number of hydrogen-bond donors (Lipinski definition) is 0. The molecule has 2 aromatic rings. The summed E-state index contributed by atoms with van der Waals surface area (Å²) in [6.07, 6.45) is 5.92. The average Bonchev–Trinajstić information content (AvgIpc) is 2.87. The van der Waals surface area contributed by atoms with Crippen LogP contribution >= 0.6 is 0 Å². The molecule has 2 aliphatic rings. The van der Waals surface area contributed by atoms with Crippen LogP contribution in [0, 0.1) is 35.2 Å². The summed E-state index contributed by atoms with van der Waals surface area (Å²) in [5.41, 5.74) is -3.43. The Morgan fingerprint density at radius 3 is 1.79 bits per heavy atom. The lowest BCUT2D eigenvalue weighted by Crippen LogP contribution is -2.25. The molecule has 8 heteroatoms. The van der Waals surface area contributed by atoms with Gasteiger partial charge in [0, 0.05) is 5.56 Å². The summed E-state index contributed by atoms with van der Waals surface area (Å²) in [4.78, 5) is 0. The second-order valence-corrected chi connectivity index (χ2v) is 10.9. The molecular weight excluding hydrogens is 512 g/mol. The van der Waals surface area contributed by atoms with Crippen LogP contribution in [0.1, 0.15) is 99.3 Å². The molecule has 0 atom stereocenters. The molecule has 0 saturated heterocycles. The fourth-order valence-corrected chi connectivity index (χ4v) is 6.44. The molecule has 38 heavy (non-hydrogen) atoms. The van der Waals surface area contributed by atoms with E-state index < -0.39 is 52.0 Å².